The van der Waals surface area contributed by atoms with E-state index in [0.29, 0.717) is 25.3 Å². The van der Waals surface area contributed by atoms with E-state index in [2.05, 4.69) is 12.2 Å². The second kappa shape index (κ2) is 12.3. The monoisotopic (exact) mass is 412 g/mol. The maximum absolute atomic E-state index is 13.2. The first-order valence-corrected chi connectivity index (χ1v) is 11.3. The average molecular weight is 413 g/mol. The molecule has 1 N–H and O–H groups in total. The Morgan fingerprint density at radius 2 is 1.72 bits per heavy atom. The molecule has 2 amide bonds. The molecule has 29 heavy (non-hydrogen) atoms. The van der Waals surface area contributed by atoms with E-state index in [-0.39, 0.29) is 11.8 Å². The highest BCUT2D eigenvalue weighted by molar-refractivity contribution is 8.00. The molecule has 0 fully saturated rings. The molecule has 0 heterocycles. The molecule has 2 aromatic carbocycles. The number of aryl methyl sites for hydroxylation is 1. The van der Waals surface area contributed by atoms with Crippen LogP contribution in [0.2, 0.25) is 0 Å². The van der Waals surface area contributed by atoms with E-state index in [9.17, 15) is 9.59 Å². The number of unbranched alkanes of at least 4 members (excludes halogenated alkanes) is 1. The van der Waals surface area contributed by atoms with Crippen LogP contribution in [0.25, 0.3) is 0 Å². The molecule has 1 atom stereocenters. The second-order valence-corrected chi connectivity index (χ2v) is 8.17. The number of amides is 2. The van der Waals surface area contributed by atoms with Crippen LogP contribution in [0.5, 0.6) is 0 Å². The third kappa shape index (κ3) is 7.24. The molecular weight excluding hydrogens is 380 g/mol. The lowest BCUT2D eigenvalue weighted by Crippen LogP contribution is -2.49. The predicted octanol–water partition coefficient (Wildman–Crippen LogP) is 4.81. The quantitative estimate of drug-likeness (QED) is 0.426. The van der Waals surface area contributed by atoms with Gasteiger partial charge in [0.1, 0.15) is 6.04 Å². The van der Waals surface area contributed by atoms with Crippen molar-refractivity contribution in [1.82, 2.24) is 10.2 Å². The molecule has 156 valence electrons. The van der Waals surface area contributed by atoms with E-state index < -0.39 is 6.04 Å². The molecule has 4 nitrogen and oxygen atoms in total. The van der Waals surface area contributed by atoms with Gasteiger partial charge in [0.15, 0.2) is 0 Å². The van der Waals surface area contributed by atoms with Crippen LogP contribution in [0.3, 0.4) is 0 Å². The van der Waals surface area contributed by atoms with Gasteiger partial charge in [0.05, 0.1) is 5.75 Å². The van der Waals surface area contributed by atoms with Gasteiger partial charge in [-0.15, -0.1) is 11.8 Å². The Bertz CT molecular complexity index is 779. The molecule has 2 aromatic rings. The highest BCUT2D eigenvalue weighted by atomic mass is 32.2. The summed E-state index contributed by atoms with van der Waals surface area (Å²) in [5.74, 6) is 0.237. The second-order valence-electron chi connectivity index (χ2n) is 7.12. The topological polar surface area (TPSA) is 49.4 Å². The summed E-state index contributed by atoms with van der Waals surface area (Å²) in [6, 6.07) is 17.5. The SMILES string of the molecule is CCCCNC(=O)[C@H](CC)N(Cc1ccccc1C)C(=O)CSc1ccccc1. The van der Waals surface area contributed by atoms with Crippen molar-refractivity contribution in [1.29, 1.82) is 0 Å². The molecular formula is C24H32N2O2S. The molecule has 2 rings (SSSR count). The fourth-order valence-electron chi connectivity index (χ4n) is 3.14. The predicted molar refractivity (Wildman–Crippen MR) is 121 cm³/mol. The van der Waals surface area contributed by atoms with Crippen LogP contribution in [0.1, 0.15) is 44.2 Å². The molecule has 0 spiro atoms. The van der Waals surface area contributed by atoms with Crippen molar-refractivity contribution >= 4 is 23.6 Å². The molecule has 5 heteroatoms. The van der Waals surface area contributed by atoms with E-state index in [4.69, 9.17) is 0 Å². The van der Waals surface area contributed by atoms with Crippen molar-refractivity contribution in [2.24, 2.45) is 0 Å². The van der Waals surface area contributed by atoms with Crippen molar-refractivity contribution in [3.8, 4) is 0 Å². The maximum atomic E-state index is 13.2. The molecule has 0 aliphatic carbocycles. The summed E-state index contributed by atoms with van der Waals surface area (Å²) in [5, 5.41) is 3.00. The largest absolute Gasteiger partial charge is 0.354 e. The lowest BCUT2D eigenvalue weighted by Gasteiger charge is -2.31. The minimum absolute atomic E-state index is 0.0143. The zero-order valence-corrected chi connectivity index (χ0v) is 18.5. The van der Waals surface area contributed by atoms with E-state index in [0.717, 1.165) is 28.9 Å². The molecule has 0 saturated heterocycles. The van der Waals surface area contributed by atoms with Crippen LogP contribution >= 0.6 is 11.8 Å². The molecule has 0 unspecified atom stereocenters. The molecule has 0 radical (unpaired) electrons. The molecule has 0 bridgehead atoms. The summed E-state index contributed by atoms with van der Waals surface area (Å²) in [7, 11) is 0. The molecule has 0 aliphatic heterocycles. The van der Waals surface area contributed by atoms with Crippen LogP contribution in [0, 0.1) is 6.92 Å². The van der Waals surface area contributed by atoms with Crippen LogP contribution in [-0.2, 0) is 16.1 Å². The van der Waals surface area contributed by atoms with Gasteiger partial charge < -0.3 is 10.2 Å². The summed E-state index contributed by atoms with van der Waals surface area (Å²) >= 11 is 1.51. The fourth-order valence-corrected chi connectivity index (χ4v) is 3.95. The average Bonchev–Trinajstić information content (AvgIpc) is 2.74. The van der Waals surface area contributed by atoms with Gasteiger partial charge in [-0.1, -0.05) is 62.7 Å². The fraction of sp³-hybridized carbons (Fsp3) is 0.417. The Balaban J connectivity index is 2.17. The molecule has 0 aliphatic rings. The summed E-state index contributed by atoms with van der Waals surface area (Å²) < 4.78 is 0. The van der Waals surface area contributed by atoms with Gasteiger partial charge in [-0.05, 0) is 43.0 Å². The van der Waals surface area contributed by atoms with Crippen LogP contribution < -0.4 is 5.32 Å². The van der Waals surface area contributed by atoms with Gasteiger partial charge >= 0.3 is 0 Å². The standard InChI is InChI=1S/C24H32N2O2S/c1-4-6-16-25-24(28)22(5-2)26(17-20-13-11-10-12-19(20)3)23(27)18-29-21-14-8-7-9-15-21/h7-15,22H,4-6,16-18H2,1-3H3,(H,25,28)/t22-/m0/s1. The number of nitrogens with one attached hydrogen (secondary N) is 1. The third-order valence-corrected chi connectivity index (χ3v) is 5.92. The Labute approximate surface area is 179 Å². The highest BCUT2D eigenvalue weighted by Gasteiger charge is 2.28. The van der Waals surface area contributed by atoms with E-state index in [1.165, 1.54) is 11.8 Å². The summed E-state index contributed by atoms with van der Waals surface area (Å²) in [5.41, 5.74) is 2.20. The Kier molecular flexibility index (Phi) is 9.78. The van der Waals surface area contributed by atoms with Gasteiger partial charge in [-0.3, -0.25) is 9.59 Å². The highest BCUT2D eigenvalue weighted by Crippen LogP contribution is 2.21. The minimum atomic E-state index is -0.463. The van der Waals surface area contributed by atoms with Crippen molar-refractivity contribution in [2.75, 3.05) is 12.3 Å². The number of rotatable bonds is 11. The summed E-state index contributed by atoms with van der Waals surface area (Å²) in [4.78, 5) is 28.8. The number of carbonyl (C=O) groups excluding carboxylic acids is 2. The first-order valence-electron chi connectivity index (χ1n) is 10.4. The number of hydrogen-bond donors (Lipinski definition) is 1. The van der Waals surface area contributed by atoms with Crippen LogP contribution in [0.15, 0.2) is 59.5 Å². The van der Waals surface area contributed by atoms with Crippen molar-refractivity contribution in [2.45, 2.75) is 57.5 Å². The molecule has 0 aromatic heterocycles. The zero-order chi connectivity index (χ0) is 21.1. The van der Waals surface area contributed by atoms with E-state index >= 15 is 0 Å². The number of thioether (sulfide) groups is 1. The van der Waals surface area contributed by atoms with Crippen molar-refractivity contribution in [3.63, 3.8) is 0 Å². The van der Waals surface area contributed by atoms with Gasteiger partial charge in [0.2, 0.25) is 11.8 Å². The summed E-state index contributed by atoms with van der Waals surface area (Å²) in [6.07, 6.45) is 2.56. The maximum Gasteiger partial charge on any atom is 0.242 e. The minimum Gasteiger partial charge on any atom is -0.354 e. The third-order valence-electron chi connectivity index (χ3n) is 4.92. The number of hydrogen-bond acceptors (Lipinski definition) is 3. The lowest BCUT2D eigenvalue weighted by molar-refractivity contribution is -0.139. The molecule has 0 saturated carbocycles. The number of carbonyl (C=O) groups is 2. The lowest BCUT2D eigenvalue weighted by atomic mass is 10.1. The first kappa shape index (κ1) is 23.0. The number of benzene rings is 2. The van der Waals surface area contributed by atoms with Crippen LogP contribution in [-0.4, -0.2) is 35.1 Å². The van der Waals surface area contributed by atoms with Crippen LogP contribution in [0.4, 0.5) is 0 Å². The van der Waals surface area contributed by atoms with Gasteiger partial charge in [0, 0.05) is 18.0 Å². The summed E-state index contributed by atoms with van der Waals surface area (Å²) in [6.45, 7) is 7.20. The number of nitrogens with zero attached hydrogens (tertiary/aromatic N) is 1. The van der Waals surface area contributed by atoms with E-state index in [1.807, 2.05) is 68.4 Å². The first-order chi connectivity index (χ1) is 14.1. The van der Waals surface area contributed by atoms with Gasteiger partial charge in [0.25, 0.3) is 0 Å². The van der Waals surface area contributed by atoms with Gasteiger partial charge in [-0.25, -0.2) is 0 Å². The van der Waals surface area contributed by atoms with Gasteiger partial charge in [-0.2, -0.15) is 0 Å². The Hall–Kier alpha value is -2.27. The van der Waals surface area contributed by atoms with Crippen molar-refractivity contribution < 1.29 is 9.59 Å². The Morgan fingerprint density at radius 1 is 1.03 bits per heavy atom. The smallest absolute Gasteiger partial charge is 0.242 e. The zero-order valence-electron chi connectivity index (χ0n) is 17.7. The Morgan fingerprint density at radius 3 is 2.38 bits per heavy atom. The normalized spacial score (nSPS) is 11.7. The van der Waals surface area contributed by atoms with Crippen molar-refractivity contribution in [3.05, 3.63) is 65.7 Å². The van der Waals surface area contributed by atoms with E-state index in [1.54, 1.807) is 4.90 Å².